The number of hydrogen-bond donors (Lipinski definition) is 0. The summed E-state index contributed by atoms with van der Waals surface area (Å²) in [7, 11) is -3.14. The summed E-state index contributed by atoms with van der Waals surface area (Å²) in [6.07, 6.45) is 1.21. The predicted octanol–water partition coefficient (Wildman–Crippen LogP) is 1.53. The van der Waals surface area contributed by atoms with Gasteiger partial charge < -0.3 is 9.64 Å². The van der Waals surface area contributed by atoms with Crippen molar-refractivity contribution < 1.29 is 13.2 Å². The van der Waals surface area contributed by atoms with Crippen LogP contribution in [0.4, 0.5) is 5.69 Å². The van der Waals surface area contributed by atoms with Crippen LogP contribution in [0.1, 0.15) is 0 Å². The number of nitrogens with zero attached hydrogens (tertiary/aromatic N) is 1. The molecule has 0 saturated carbocycles. The normalized spacial score (nSPS) is 21.0. The van der Waals surface area contributed by atoms with Crippen LogP contribution in [0.25, 0.3) is 0 Å². The summed E-state index contributed by atoms with van der Waals surface area (Å²) >= 11 is 5.91. The Balaban J connectivity index is 2.23. The lowest BCUT2D eigenvalue weighted by Gasteiger charge is -2.36. The molecule has 0 amide bonds. The zero-order valence-corrected chi connectivity index (χ0v) is 11.7. The molecule has 1 heterocycles. The number of alkyl halides is 1. The van der Waals surface area contributed by atoms with Crippen LogP contribution in [0.15, 0.2) is 29.2 Å². The largest absolute Gasteiger partial charge is 0.377 e. The first-order valence-electron chi connectivity index (χ1n) is 5.73. The Morgan fingerprint density at radius 2 is 2.06 bits per heavy atom. The van der Waals surface area contributed by atoms with Crippen molar-refractivity contribution in [3.63, 3.8) is 0 Å². The Hall–Kier alpha value is -0.780. The highest BCUT2D eigenvalue weighted by molar-refractivity contribution is 7.90. The SMILES string of the molecule is CS(=O)(=O)c1ccc(N2CCOCC2CCl)cc1. The zero-order valence-electron chi connectivity index (χ0n) is 10.2. The Labute approximate surface area is 112 Å². The van der Waals surface area contributed by atoms with Gasteiger partial charge in [0.25, 0.3) is 0 Å². The van der Waals surface area contributed by atoms with Crippen LogP contribution in [0.2, 0.25) is 0 Å². The van der Waals surface area contributed by atoms with Gasteiger partial charge in [-0.1, -0.05) is 0 Å². The number of anilines is 1. The highest BCUT2D eigenvalue weighted by atomic mass is 35.5. The van der Waals surface area contributed by atoms with E-state index in [1.54, 1.807) is 12.1 Å². The van der Waals surface area contributed by atoms with Crippen molar-refractivity contribution in [3.05, 3.63) is 24.3 Å². The van der Waals surface area contributed by atoms with Gasteiger partial charge in [-0.2, -0.15) is 0 Å². The first-order chi connectivity index (χ1) is 8.52. The van der Waals surface area contributed by atoms with E-state index in [0.29, 0.717) is 24.0 Å². The van der Waals surface area contributed by atoms with Gasteiger partial charge in [0, 0.05) is 24.4 Å². The molecule has 18 heavy (non-hydrogen) atoms. The third-order valence-electron chi connectivity index (χ3n) is 3.00. The average molecular weight is 290 g/mol. The fourth-order valence-corrected chi connectivity index (χ4v) is 2.89. The molecule has 4 nitrogen and oxygen atoms in total. The first-order valence-corrected chi connectivity index (χ1v) is 8.15. The molecule has 0 bridgehead atoms. The molecule has 1 aromatic carbocycles. The molecular weight excluding hydrogens is 274 g/mol. The topological polar surface area (TPSA) is 46.6 Å². The quantitative estimate of drug-likeness (QED) is 0.792. The Morgan fingerprint density at radius 3 is 2.61 bits per heavy atom. The number of benzene rings is 1. The van der Waals surface area contributed by atoms with Crippen molar-refractivity contribution >= 4 is 27.1 Å². The van der Waals surface area contributed by atoms with Crippen molar-refractivity contribution in [3.8, 4) is 0 Å². The lowest BCUT2D eigenvalue weighted by atomic mass is 10.2. The highest BCUT2D eigenvalue weighted by Crippen LogP contribution is 2.22. The molecule has 1 saturated heterocycles. The van der Waals surface area contributed by atoms with Crippen LogP contribution in [-0.2, 0) is 14.6 Å². The minimum absolute atomic E-state index is 0.143. The number of rotatable bonds is 3. The molecule has 1 atom stereocenters. The van der Waals surface area contributed by atoms with E-state index >= 15 is 0 Å². The second-order valence-corrected chi connectivity index (χ2v) is 6.67. The molecule has 1 aliphatic heterocycles. The van der Waals surface area contributed by atoms with E-state index in [0.717, 1.165) is 12.2 Å². The van der Waals surface area contributed by atoms with Gasteiger partial charge in [0.2, 0.25) is 0 Å². The molecule has 1 aromatic rings. The minimum Gasteiger partial charge on any atom is -0.377 e. The van der Waals surface area contributed by atoms with E-state index in [2.05, 4.69) is 4.90 Å². The summed E-state index contributed by atoms with van der Waals surface area (Å²) in [6.45, 7) is 2.05. The summed E-state index contributed by atoms with van der Waals surface area (Å²) in [5.41, 5.74) is 0.983. The summed E-state index contributed by atoms with van der Waals surface area (Å²) < 4.78 is 28.2. The fourth-order valence-electron chi connectivity index (χ4n) is 2.01. The number of ether oxygens (including phenoxy) is 1. The molecule has 0 N–H and O–H groups in total. The molecule has 1 aliphatic rings. The summed E-state index contributed by atoms with van der Waals surface area (Å²) in [5.74, 6) is 0.494. The number of morpholine rings is 1. The third-order valence-corrected chi connectivity index (χ3v) is 4.49. The Bertz CT molecular complexity index is 501. The van der Waals surface area contributed by atoms with Crippen LogP contribution in [0, 0.1) is 0 Å². The van der Waals surface area contributed by atoms with E-state index in [4.69, 9.17) is 16.3 Å². The molecule has 1 fully saturated rings. The Kier molecular flexibility index (Phi) is 4.14. The van der Waals surface area contributed by atoms with Gasteiger partial charge in [-0.25, -0.2) is 8.42 Å². The summed E-state index contributed by atoms with van der Waals surface area (Å²) in [4.78, 5) is 2.49. The smallest absolute Gasteiger partial charge is 0.175 e. The lowest BCUT2D eigenvalue weighted by molar-refractivity contribution is 0.0998. The fraction of sp³-hybridized carbons (Fsp3) is 0.500. The van der Waals surface area contributed by atoms with Crippen molar-refractivity contribution in [1.82, 2.24) is 0 Å². The van der Waals surface area contributed by atoms with Crippen LogP contribution in [0.5, 0.6) is 0 Å². The van der Waals surface area contributed by atoms with E-state index in [-0.39, 0.29) is 6.04 Å². The molecule has 6 heteroatoms. The number of halogens is 1. The maximum atomic E-state index is 11.4. The van der Waals surface area contributed by atoms with Gasteiger partial charge in [-0.05, 0) is 24.3 Å². The monoisotopic (exact) mass is 289 g/mol. The standard InChI is InChI=1S/C12H16ClNO3S/c1-18(15,16)12-4-2-10(3-5-12)14-6-7-17-9-11(14)8-13/h2-5,11H,6-9H2,1H3. The highest BCUT2D eigenvalue weighted by Gasteiger charge is 2.22. The van der Waals surface area contributed by atoms with Crippen LogP contribution in [-0.4, -0.2) is 46.4 Å². The van der Waals surface area contributed by atoms with E-state index in [1.165, 1.54) is 6.26 Å². The molecular formula is C12H16ClNO3S. The predicted molar refractivity (Wildman–Crippen MR) is 72.2 cm³/mol. The molecule has 0 aromatic heterocycles. The van der Waals surface area contributed by atoms with Crippen molar-refractivity contribution in [2.75, 3.05) is 36.8 Å². The van der Waals surface area contributed by atoms with Gasteiger partial charge in [0.1, 0.15) is 0 Å². The minimum atomic E-state index is -3.14. The molecule has 2 rings (SSSR count). The second-order valence-electron chi connectivity index (χ2n) is 4.34. The molecule has 100 valence electrons. The van der Waals surface area contributed by atoms with Gasteiger partial charge in [0.15, 0.2) is 9.84 Å². The van der Waals surface area contributed by atoms with Crippen molar-refractivity contribution in [2.24, 2.45) is 0 Å². The number of hydrogen-bond acceptors (Lipinski definition) is 4. The van der Waals surface area contributed by atoms with Gasteiger partial charge in [-0.3, -0.25) is 0 Å². The average Bonchev–Trinajstić information content (AvgIpc) is 2.38. The van der Waals surface area contributed by atoms with Crippen LogP contribution >= 0.6 is 11.6 Å². The molecule has 0 radical (unpaired) electrons. The van der Waals surface area contributed by atoms with Crippen LogP contribution in [0.3, 0.4) is 0 Å². The summed E-state index contributed by atoms with van der Waals surface area (Å²) in [5, 5.41) is 0. The second kappa shape index (κ2) is 5.47. The van der Waals surface area contributed by atoms with Crippen LogP contribution < -0.4 is 4.90 Å². The van der Waals surface area contributed by atoms with Gasteiger partial charge in [0.05, 0.1) is 24.2 Å². The number of sulfone groups is 1. The zero-order chi connectivity index (χ0) is 13.2. The molecule has 0 spiro atoms. The molecule has 0 aliphatic carbocycles. The van der Waals surface area contributed by atoms with E-state index < -0.39 is 9.84 Å². The third kappa shape index (κ3) is 2.96. The van der Waals surface area contributed by atoms with E-state index in [1.807, 2.05) is 12.1 Å². The molecule has 1 unspecified atom stereocenters. The Morgan fingerprint density at radius 1 is 1.39 bits per heavy atom. The first kappa shape index (κ1) is 13.6. The van der Waals surface area contributed by atoms with Crippen molar-refractivity contribution in [2.45, 2.75) is 10.9 Å². The lowest BCUT2D eigenvalue weighted by Crippen LogP contribution is -2.46. The van der Waals surface area contributed by atoms with Crippen molar-refractivity contribution in [1.29, 1.82) is 0 Å². The van der Waals surface area contributed by atoms with E-state index in [9.17, 15) is 8.42 Å². The van der Waals surface area contributed by atoms with Gasteiger partial charge in [-0.15, -0.1) is 11.6 Å². The maximum absolute atomic E-state index is 11.4. The summed E-state index contributed by atoms with van der Waals surface area (Å²) in [6, 6.07) is 7.05. The van der Waals surface area contributed by atoms with Gasteiger partial charge >= 0.3 is 0 Å². The maximum Gasteiger partial charge on any atom is 0.175 e.